The highest BCUT2D eigenvalue weighted by atomic mass is 15.3. The van der Waals surface area contributed by atoms with Crippen LogP contribution in [-0.2, 0) is 0 Å². The molecule has 1 saturated carbocycles. The minimum absolute atomic E-state index is 0.0214. The monoisotopic (exact) mass is 222 g/mol. The molecule has 0 aromatic carbocycles. The Labute approximate surface area is 97.2 Å². The molecule has 90 valence electrons. The Balaban J connectivity index is 2.17. The van der Waals surface area contributed by atoms with E-state index in [-0.39, 0.29) is 6.04 Å². The number of hydrogen-bond acceptors (Lipinski definition) is 3. The molecule has 1 fully saturated rings. The van der Waals surface area contributed by atoms with E-state index in [0.717, 1.165) is 12.2 Å². The maximum atomic E-state index is 6.24. The van der Waals surface area contributed by atoms with Crippen molar-refractivity contribution in [3.05, 3.63) is 12.2 Å². The van der Waals surface area contributed by atoms with E-state index in [2.05, 4.69) is 28.6 Å². The quantitative estimate of drug-likeness (QED) is 0.851. The number of aromatic nitrogens is 3. The lowest BCUT2D eigenvalue weighted by Crippen LogP contribution is -2.24. The Hall–Kier alpha value is -0.900. The maximum absolute atomic E-state index is 6.24. The molecule has 0 saturated heterocycles. The largest absolute Gasteiger partial charge is 0.321 e. The molecule has 0 bridgehead atoms. The zero-order valence-corrected chi connectivity index (χ0v) is 10.3. The summed E-state index contributed by atoms with van der Waals surface area (Å²) >= 11 is 0. The second-order valence-corrected chi connectivity index (χ2v) is 4.95. The molecule has 1 aliphatic rings. The van der Waals surface area contributed by atoms with Gasteiger partial charge >= 0.3 is 0 Å². The predicted molar refractivity (Wildman–Crippen MR) is 63.9 cm³/mol. The Morgan fingerprint density at radius 2 is 2.19 bits per heavy atom. The lowest BCUT2D eigenvalue weighted by Gasteiger charge is -2.21. The molecule has 2 atom stereocenters. The number of hydrogen-bond donors (Lipinski definition) is 1. The Morgan fingerprint density at radius 3 is 2.81 bits per heavy atom. The molecule has 0 unspecified atom stereocenters. The summed E-state index contributed by atoms with van der Waals surface area (Å²) in [5.41, 5.74) is 6.24. The Bertz CT molecular complexity index is 328. The molecule has 2 N–H and O–H groups in total. The predicted octanol–water partition coefficient (Wildman–Crippen LogP) is 2.44. The van der Waals surface area contributed by atoms with Crippen molar-refractivity contribution in [3.63, 3.8) is 0 Å². The fraction of sp³-hybridized carbons (Fsp3) is 0.833. The average molecular weight is 222 g/mol. The summed E-state index contributed by atoms with van der Waals surface area (Å²) in [6.45, 7) is 4.35. The Kier molecular flexibility index (Phi) is 3.59. The van der Waals surface area contributed by atoms with Crippen molar-refractivity contribution >= 4 is 0 Å². The summed E-state index contributed by atoms with van der Waals surface area (Å²) in [5.74, 6) is 1.44. The molecule has 1 aromatic heterocycles. The first-order valence-corrected chi connectivity index (χ1v) is 6.39. The smallest absolute Gasteiger partial charge is 0.150 e. The van der Waals surface area contributed by atoms with E-state index in [1.165, 1.54) is 25.7 Å². The zero-order valence-electron chi connectivity index (χ0n) is 10.3. The molecular weight excluding hydrogens is 200 g/mol. The van der Waals surface area contributed by atoms with Gasteiger partial charge in [-0.2, -0.15) is 0 Å². The SMILES string of the molecule is CC[C@H](C)[C@H](N)c1nncn1C1CCCC1. The van der Waals surface area contributed by atoms with Crippen molar-refractivity contribution in [2.75, 3.05) is 0 Å². The number of rotatable bonds is 4. The van der Waals surface area contributed by atoms with Crippen LogP contribution in [0.3, 0.4) is 0 Å². The maximum Gasteiger partial charge on any atom is 0.150 e. The highest BCUT2D eigenvalue weighted by molar-refractivity contribution is 4.98. The summed E-state index contributed by atoms with van der Waals surface area (Å²) in [6, 6.07) is 0.605. The summed E-state index contributed by atoms with van der Waals surface area (Å²) in [6.07, 6.45) is 8.07. The van der Waals surface area contributed by atoms with Crippen molar-refractivity contribution in [3.8, 4) is 0 Å². The van der Waals surface area contributed by atoms with E-state index in [9.17, 15) is 0 Å². The van der Waals surface area contributed by atoms with Crippen LogP contribution in [0.2, 0.25) is 0 Å². The molecule has 4 heteroatoms. The lowest BCUT2D eigenvalue weighted by atomic mass is 9.99. The lowest BCUT2D eigenvalue weighted by molar-refractivity contribution is 0.399. The summed E-state index contributed by atoms with van der Waals surface area (Å²) in [5, 5.41) is 8.26. The second kappa shape index (κ2) is 4.95. The third-order valence-corrected chi connectivity index (χ3v) is 3.87. The van der Waals surface area contributed by atoms with Gasteiger partial charge in [0, 0.05) is 6.04 Å². The minimum Gasteiger partial charge on any atom is -0.321 e. The van der Waals surface area contributed by atoms with Gasteiger partial charge < -0.3 is 10.3 Å². The molecule has 16 heavy (non-hydrogen) atoms. The van der Waals surface area contributed by atoms with E-state index in [1.54, 1.807) is 0 Å². The first kappa shape index (κ1) is 11.6. The molecule has 1 heterocycles. The van der Waals surface area contributed by atoms with Gasteiger partial charge in [0.25, 0.3) is 0 Å². The van der Waals surface area contributed by atoms with Gasteiger partial charge in [0.1, 0.15) is 12.2 Å². The standard InChI is InChI=1S/C12H22N4/c1-3-9(2)11(13)12-15-14-8-16(12)10-6-4-5-7-10/h8-11H,3-7,13H2,1-2H3/t9-,11-/m0/s1. The molecule has 0 amide bonds. The molecule has 1 aliphatic carbocycles. The minimum atomic E-state index is 0.0214. The Morgan fingerprint density at radius 1 is 1.50 bits per heavy atom. The molecule has 4 nitrogen and oxygen atoms in total. The summed E-state index contributed by atoms with van der Waals surface area (Å²) < 4.78 is 2.21. The first-order valence-electron chi connectivity index (χ1n) is 6.39. The summed E-state index contributed by atoms with van der Waals surface area (Å²) in [4.78, 5) is 0. The topological polar surface area (TPSA) is 56.7 Å². The highest BCUT2D eigenvalue weighted by Crippen LogP contribution is 2.32. The second-order valence-electron chi connectivity index (χ2n) is 4.95. The van der Waals surface area contributed by atoms with E-state index in [1.807, 2.05) is 6.33 Å². The van der Waals surface area contributed by atoms with Gasteiger partial charge in [-0.05, 0) is 18.8 Å². The van der Waals surface area contributed by atoms with Crippen molar-refractivity contribution in [2.24, 2.45) is 11.7 Å². The van der Waals surface area contributed by atoms with Gasteiger partial charge in [-0.3, -0.25) is 0 Å². The molecule has 0 spiro atoms. The van der Waals surface area contributed by atoms with Gasteiger partial charge in [-0.25, -0.2) is 0 Å². The van der Waals surface area contributed by atoms with Gasteiger partial charge in [-0.1, -0.05) is 33.1 Å². The van der Waals surface area contributed by atoms with E-state index < -0.39 is 0 Å². The van der Waals surface area contributed by atoms with E-state index >= 15 is 0 Å². The van der Waals surface area contributed by atoms with E-state index in [0.29, 0.717) is 12.0 Å². The van der Waals surface area contributed by atoms with Crippen molar-refractivity contribution in [2.45, 2.75) is 58.0 Å². The fourth-order valence-electron chi connectivity index (χ4n) is 2.46. The van der Waals surface area contributed by atoms with Crippen LogP contribution >= 0.6 is 0 Å². The third-order valence-electron chi connectivity index (χ3n) is 3.87. The van der Waals surface area contributed by atoms with Crippen LogP contribution in [0.4, 0.5) is 0 Å². The van der Waals surface area contributed by atoms with Crippen molar-refractivity contribution in [1.82, 2.24) is 14.8 Å². The van der Waals surface area contributed by atoms with Crippen LogP contribution in [0.1, 0.15) is 63.9 Å². The van der Waals surface area contributed by atoms with Crippen molar-refractivity contribution < 1.29 is 0 Å². The summed E-state index contributed by atoms with van der Waals surface area (Å²) in [7, 11) is 0. The van der Waals surface area contributed by atoms with Crippen molar-refractivity contribution in [1.29, 1.82) is 0 Å². The van der Waals surface area contributed by atoms with Crippen LogP contribution in [-0.4, -0.2) is 14.8 Å². The number of nitrogens with two attached hydrogens (primary N) is 1. The van der Waals surface area contributed by atoms with Crippen LogP contribution in [0.25, 0.3) is 0 Å². The van der Waals surface area contributed by atoms with Gasteiger partial charge in [-0.15, -0.1) is 10.2 Å². The molecule has 0 radical (unpaired) electrons. The fourth-order valence-corrected chi connectivity index (χ4v) is 2.46. The third kappa shape index (κ3) is 2.12. The molecule has 2 rings (SSSR count). The van der Waals surface area contributed by atoms with Crippen LogP contribution in [0, 0.1) is 5.92 Å². The first-order chi connectivity index (χ1) is 7.74. The highest BCUT2D eigenvalue weighted by Gasteiger charge is 2.24. The molecular formula is C12H22N4. The molecule has 0 aliphatic heterocycles. The normalized spacial score (nSPS) is 21.2. The van der Waals surface area contributed by atoms with Gasteiger partial charge in [0.15, 0.2) is 0 Å². The average Bonchev–Trinajstić information content (AvgIpc) is 2.95. The van der Waals surface area contributed by atoms with Crippen LogP contribution in [0.15, 0.2) is 6.33 Å². The number of nitrogens with zero attached hydrogens (tertiary/aromatic N) is 3. The molecule has 1 aromatic rings. The van der Waals surface area contributed by atoms with E-state index in [4.69, 9.17) is 5.73 Å². The van der Waals surface area contributed by atoms with Crippen LogP contribution in [0.5, 0.6) is 0 Å². The van der Waals surface area contributed by atoms with Crippen LogP contribution < -0.4 is 5.73 Å². The van der Waals surface area contributed by atoms with Gasteiger partial charge in [0.2, 0.25) is 0 Å². The van der Waals surface area contributed by atoms with Gasteiger partial charge in [0.05, 0.1) is 6.04 Å². The zero-order chi connectivity index (χ0) is 11.5.